The van der Waals surface area contributed by atoms with Crippen molar-refractivity contribution in [2.45, 2.75) is 0 Å². The van der Waals surface area contributed by atoms with Crippen LogP contribution in [-0.4, -0.2) is 25.3 Å². The van der Waals surface area contributed by atoms with Crippen molar-refractivity contribution in [3.63, 3.8) is 0 Å². The van der Waals surface area contributed by atoms with Gasteiger partial charge in [-0.25, -0.2) is 13.1 Å². The summed E-state index contributed by atoms with van der Waals surface area (Å²) in [4.78, 5) is 0. The molecule has 0 aliphatic carbocycles. The average Bonchev–Trinajstić information content (AvgIpc) is 2.63. The molecule has 0 atom stereocenters. The third kappa shape index (κ3) is 21.1. The van der Waals surface area contributed by atoms with Crippen molar-refractivity contribution in [3.05, 3.63) is 38.3 Å². The van der Waals surface area contributed by atoms with Gasteiger partial charge in [0.15, 0.2) is 0 Å². The maximum Gasteiger partial charge on any atom is 0 e. The molecule has 2 aromatic rings. The van der Waals surface area contributed by atoms with Gasteiger partial charge in [-0.15, -0.1) is 5.21 Å². The summed E-state index contributed by atoms with van der Waals surface area (Å²) in [5, 5.41) is 16.9. The van der Waals surface area contributed by atoms with Crippen molar-refractivity contribution >= 4 is 0 Å². The van der Waals surface area contributed by atoms with E-state index in [1.165, 1.54) is 10.9 Å². The Balaban J connectivity index is -0.0000000300. The van der Waals surface area contributed by atoms with Gasteiger partial charge in [0.2, 0.25) is 0 Å². The van der Waals surface area contributed by atoms with E-state index in [0.717, 1.165) is 0 Å². The van der Waals surface area contributed by atoms with Crippen LogP contribution in [0, 0.1) is 20.2 Å². The topological polar surface area (TPSA) is 70.6 Å². The molecule has 0 unspecified atom stereocenters. The van der Waals surface area contributed by atoms with E-state index < -0.39 is 0 Å². The Bertz CT molecular complexity index is 277. The van der Waals surface area contributed by atoms with Gasteiger partial charge in [0, 0.05) is 145 Å². The van der Waals surface area contributed by atoms with Crippen LogP contribution in [0.3, 0.4) is 0 Å². The van der Waals surface area contributed by atoms with Gasteiger partial charge in [0.1, 0.15) is 0 Å². The van der Waals surface area contributed by atoms with Gasteiger partial charge < -0.3 is 26.2 Å². The molecule has 0 fully saturated rings. The molecule has 4 radical (unpaired) electrons. The molecule has 0 saturated carbocycles. The SMILES string of the molecule is [CH2-]c1c[n-]nn1.[CH2-]n1c[c-]nn1.[V].[V].[W].[W].[Y].[Y]. The standard InChI is InChI=1S/2C3H3N3.2V.2W.2Y/c1-6-3-2-4-5-6;1-3-2-4-6-5-3;;;;;;/h3H,1H2;2H,1H2;;;;;;/q2*-2;;;;;;. The Morgan fingerprint density at radius 1 is 1.22 bits per heavy atom. The first-order valence-electron chi connectivity index (χ1n) is 3.01. The van der Waals surface area contributed by atoms with E-state index in [0.29, 0.717) is 5.69 Å². The van der Waals surface area contributed by atoms with E-state index in [1.54, 1.807) is 6.20 Å². The quantitative estimate of drug-likeness (QED) is 0.331. The number of hydrogen-bond acceptors (Lipinski definition) is 4. The fourth-order valence-electron chi connectivity index (χ4n) is 0.403. The minimum Gasteiger partial charge on any atom is -0.453 e. The number of hydrogen-bond donors (Lipinski definition) is 0. The second kappa shape index (κ2) is 24.8. The Morgan fingerprint density at radius 2 is 1.78 bits per heavy atom. The maximum absolute atomic E-state index is 3.44. The number of nitrogens with zero attached hydrogens (tertiary/aromatic N) is 6. The zero-order valence-corrected chi connectivity index (χ0v) is 23.5. The van der Waals surface area contributed by atoms with Crippen LogP contribution in [0.5, 0.6) is 0 Å². The van der Waals surface area contributed by atoms with Crippen LogP contribution in [-0.2, 0) is 145 Å². The van der Waals surface area contributed by atoms with Crippen molar-refractivity contribution in [3.8, 4) is 0 Å². The van der Waals surface area contributed by atoms with Gasteiger partial charge in [0.05, 0.1) is 0 Å². The van der Waals surface area contributed by atoms with Crippen LogP contribution >= 0.6 is 0 Å². The van der Waals surface area contributed by atoms with Crippen LogP contribution in [0.25, 0.3) is 0 Å². The second-order valence-electron chi connectivity index (χ2n) is 1.81. The average molecular weight is 810 g/mol. The van der Waals surface area contributed by atoms with Crippen molar-refractivity contribution in [2.24, 2.45) is 0 Å². The zero-order chi connectivity index (χ0) is 8.81. The first-order chi connectivity index (χ1) is 5.79. The molecule has 0 aromatic carbocycles. The summed E-state index contributed by atoms with van der Waals surface area (Å²) < 4.78 is 1.33. The first-order valence-corrected chi connectivity index (χ1v) is 3.01. The largest absolute Gasteiger partial charge is 0.453 e. The fourth-order valence-corrected chi connectivity index (χ4v) is 0.403. The van der Waals surface area contributed by atoms with Gasteiger partial charge in [-0.1, -0.05) is 0 Å². The fraction of sp³-hybridized carbons (Fsp3) is 0. The first kappa shape index (κ1) is 37.2. The summed E-state index contributed by atoms with van der Waals surface area (Å²) >= 11 is 0. The smallest absolute Gasteiger partial charge is 0 e. The van der Waals surface area contributed by atoms with E-state index in [9.17, 15) is 0 Å². The van der Waals surface area contributed by atoms with Crippen molar-refractivity contribution < 1.29 is 145 Å². The summed E-state index contributed by atoms with van der Waals surface area (Å²) in [7, 11) is 3.39. The molecule has 0 aliphatic heterocycles. The Labute approximate surface area is 209 Å². The predicted octanol–water partition coefficient (Wildman–Crippen LogP) is -0.681. The molecule has 0 N–H and O–H groups in total. The van der Waals surface area contributed by atoms with Crippen LogP contribution in [0.1, 0.15) is 5.69 Å². The van der Waals surface area contributed by atoms with Gasteiger partial charge in [-0.3, -0.25) is 11.4 Å². The summed E-state index contributed by atoms with van der Waals surface area (Å²) in [5.41, 5.74) is 0.620. The molecule has 12 heteroatoms. The van der Waals surface area contributed by atoms with Gasteiger partial charge in [-0.2, -0.15) is 12.7 Å². The third-order valence-electron chi connectivity index (χ3n) is 0.856. The van der Waals surface area contributed by atoms with Crippen molar-refractivity contribution in [1.82, 2.24) is 30.4 Å². The predicted molar refractivity (Wildman–Crippen MR) is 39.4 cm³/mol. The minimum atomic E-state index is 0. The number of aromatic nitrogens is 6. The molecular formula is C6H6N6V2W2Y2-4. The van der Waals surface area contributed by atoms with Gasteiger partial charge in [-0.05, 0) is 0 Å². The van der Waals surface area contributed by atoms with Crippen LogP contribution in [0.2, 0.25) is 0 Å². The number of rotatable bonds is 0. The van der Waals surface area contributed by atoms with Crippen LogP contribution < -0.4 is 5.10 Å². The molecule has 0 aliphatic rings. The zero-order valence-electron chi connectivity index (χ0n) is 9.12. The van der Waals surface area contributed by atoms with Gasteiger partial charge >= 0.3 is 0 Å². The second-order valence-corrected chi connectivity index (χ2v) is 1.81. The Kier molecular flexibility index (Phi) is 51.2. The molecule has 6 nitrogen and oxygen atoms in total. The van der Waals surface area contributed by atoms with Crippen LogP contribution in [0.15, 0.2) is 12.4 Å². The molecule has 2 heterocycles. The van der Waals surface area contributed by atoms with E-state index >= 15 is 0 Å². The third-order valence-corrected chi connectivity index (χ3v) is 0.856. The summed E-state index contributed by atoms with van der Waals surface area (Å²) in [5.74, 6) is 0. The molecular weight excluding hydrogens is 803 g/mol. The molecule has 0 amide bonds. The minimum absolute atomic E-state index is 0. The summed E-state index contributed by atoms with van der Waals surface area (Å²) in [6, 6.07) is 0. The molecule has 18 heavy (non-hydrogen) atoms. The summed E-state index contributed by atoms with van der Waals surface area (Å²) in [6.45, 7) is 3.44. The van der Waals surface area contributed by atoms with E-state index in [-0.39, 0.29) is 145 Å². The molecule has 0 spiro atoms. The monoisotopic (exact) mass is 810 g/mol. The molecule has 2 aromatic heterocycles. The van der Waals surface area contributed by atoms with Crippen molar-refractivity contribution in [2.75, 3.05) is 0 Å². The van der Waals surface area contributed by atoms with E-state index in [2.05, 4.69) is 45.9 Å². The van der Waals surface area contributed by atoms with Crippen LogP contribution in [0.4, 0.5) is 0 Å². The van der Waals surface area contributed by atoms with Crippen molar-refractivity contribution in [1.29, 1.82) is 0 Å². The molecule has 0 saturated heterocycles. The van der Waals surface area contributed by atoms with Gasteiger partial charge in [0.25, 0.3) is 0 Å². The van der Waals surface area contributed by atoms with E-state index in [1.807, 2.05) is 0 Å². The molecule has 92 valence electrons. The maximum atomic E-state index is 3.44. The Morgan fingerprint density at radius 3 is 1.89 bits per heavy atom. The Hall–Kier alpha value is 2.77. The molecule has 0 bridgehead atoms. The normalized spacial score (nSPS) is 5.78. The molecule has 2 rings (SSSR count). The van der Waals surface area contributed by atoms with E-state index in [4.69, 9.17) is 0 Å². The summed E-state index contributed by atoms with van der Waals surface area (Å²) in [6.07, 6.45) is 5.51.